The van der Waals surface area contributed by atoms with E-state index in [1.54, 1.807) is 0 Å². The van der Waals surface area contributed by atoms with Crippen LogP contribution in [0.15, 0.2) is 0 Å². The van der Waals surface area contributed by atoms with Crippen molar-refractivity contribution in [1.29, 1.82) is 0 Å². The minimum Gasteiger partial charge on any atom is -0.101 e. The fourth-order valence-corrected chi connectivity index (χ4v) is 16.6. The number of fused-ring (bicyclic) bond motifs is 1. The van der Waals surface area contributed by atoms with E-state index in [4.69, 9.17) is 0 Å². The molecule has 0 nitrogen and oxygen atoms in total. The van der Waals surface area contributed by atoms with Gasteiger partial charge in [-0.2, -0.15) is 0 Å². The Labute approximate surface area is 478 Å². The monoisotopic (exact) mass is 941 g/mol. The molecule has 0 aliphatic carbocycles. The van der Waals surface area contributed by atoms with Gasteiger partial charge in [-0.25, -0.2) is 0 Å². The number of benzene rings is 11. The molecule has 11 rings (SSSR count). The largest absolute Gasteiger partial charge is 0.140 e. The van der Waals surface area contributed by atoms with Crippen LogP contribution in [0, 0.1) is 0 Å². The number of rotatable bonds is 3. The molecule has 0 N–H and O–H groups in total. The van der Waals surface area contributed by atoms with E-state index in [1.807, 2.05) is 0 Å². The predicted octanol–water partition coefficient (Wildman–Crippen LogP) is -35.1. The van der Waals surface area contributed by atoms with Crippen LogP contribution in [-0.4, -0.2) is 220 Å². The molecule has 0 aliphatic rings. The first-order valence-electron chi connectivity index (χ1n) is 28.5. The van der Waals surface area contributed by atoms with Crippen molar-refractivity contribution in [2.45, 2.75) is 0 Å². The molecular weight excluding hydrogens is 879 g/mol. The van der Waals surface area contributed by atoms with Gasteiger partial charge in [-0.15, -0.1) is 21.9 Å². The molecule has 28 heteroatoms. The lowest BCUT2D eigenvalue weighted by molar-refractivity contribution is 1.82. The maximum atomic E-state index is 2.50. The Bertz CT molecular complexity index is 4580. The summed E-state index contributed by atoms with van der Waals surface area (Å²) in [5, 5.41) is 20.4. The van der Waals surface area contributed by atoms with E-state index in [0.717, 1.165) is 0 Å². The zero-order valence-electron chi connectivity index (χ0n) is 52.0. The Kier molecular flexibility index (Phi) is 12.4. The van der Waals surface area contributed by atoms with Gasteiger partial charge in [-0.3, -0.25) is 0 Å². The molecule has 0 unspecified atom stereocenters. The van der Waals surface area contributed by atoms with Crippen LogP contribution in [0.2, 0.25) is 0 Å². The number of hydrogen-bond donors (Lipinski definition) is 0. The average Bonchev–Trinajstić information content (AvgIpc) is 3.39. The molecule has 0 heterocycles. The van der Waals surface area contributed by atoms with E-state index in [9.17, 15) is 0 Å². The Morgan fingerprint density at radius 3 is 0.487 bits per heavy atom. The summed E-state index contributed by atoms with van der Waals surface area (Å²) >= 11 is 0. The van der Waals surface area contributed by atoms with Crippen molar-refractivity contribution in [3.05, 3.63) is 0 Å². The van der Waals surface area contributed by atoms with Gasteiger partial charge < -0.3 is 0 Å². The van der Waals surface area contributed by atoms with E-state index < -0.39 is 0 Å². The average molecular weight is 936 g/mol. The van der Waals surface area contributed by atoms with Crippen LogP contribution in [0.3, 0.4) is 0 Å². The molecule has 0 spiro atoms. The second kappa shape index (κ2) is 17.5. The van der Waals surface area contributed by atoms with Crippen LogP contribution in [0.25, 0.3) is 109 Å². The lowest BCUT2D eigenvalue weighted by Gasteiger charge is -2.33. The van der Waals surface area contributed by atoms with E-state index in [1.165, 1.54) is 262 Å². The highest BCUT2D eigenvalue weighted by Crippen LogP contribution is 2.36. The fraction of sp³-hybridized carbons (Fsp3) is 0. The summed E-state index contributed by atoms with van der Waals surface area (Å²) in [7, 11) is 67.5. The van der Waals surface area contributed by atoms with Crippen LogP contribution < -0.4 is 153 Å². The summed E-state index contributed by atoms with van der Waals surface area (Å²) in [6.07, 6.45) is 0. The highest BCUT2D eigenvalue weighted by molar-refractivity contribution is 6.79. The lowest BCUT2D eigenvalue weighted by atomic mass is 9.55. The zero-order chi connectivity index (χ0) is 55.7. The quantitative estimate of drug-likeness (QED) is 0.122. The second-order valence-electron chi connectivity index (χ2n) is 25.0. The minimum absolute atomic E-state index is 1.39. The van der Waals surface area contributed by atoms with Crippen LogP contribution >= 0.6 is 0 Å². The van der Waals surface area contributed by atoms with Crippen LogP contribution in [0.1, 0.15) is 0 Å². The van der Waals surface area contributed by atoms with Gasteiger partial charge in [-0.1, -0.05) is 131 Å². The molecule has 0 amide bonds. The van der Waals surface area contributed by atoms with Crippen molar-refractivity contribution in [3.63, 3.8) is 0 Å². The molecule has 0 aromatic heterocycles. The molecule has 76 heavy (non-hydrogen) atoms. The molecule has 332 valence electrons. The summed E-state index contributed by atoms with van der Waals surface area (Å²) in [6.45, 7) is 0. The van der Waals surface area contributed by atoms with Crippen LogP contribution in [0.4, 0.5) is 0 Å². The first kappa shape index (κ1) is 53.6. The van der Waals surface area contributed by atoms with Gasteiger partial charge in [0.15, 0.2) is 0 Å². The van der Waals surface area contributed by atoms with Gasteiger partial charge in [-0.05, 0) is 109 Å². The molecular formula is C48H56B28. The van der Waals surface area contributed by atoms with Gasteiger partial charge in [0.25, 0.3) is 0 Å². The summed E-state index contributed by atoms with van der Waals surface area (Å²) in [5.41, 5.74) is 48.1. The van der Waals surface area contributed by atoms with Gasteiger partial charge in [0.1, 0.15) is 220 Å². The SMILES string of the molecule is Bc1c(B)c(-c2c(B)c(B)c3c(B)c(B)c4c(B)c(B)c(B)c5c(B)c(B)c2c3c45)c(B)c(B)c1-c1c(B)c(-c2c(B)c(B)c3c(B)c(B)c4c(B)c(B)c(B)c5c(B)c(B)c2c3c45)c(B)c2c(B)c(B)c(B)c(B)c12. The van der Waals surface area contributed by atoms with Gasteiger partial charge in [0.2, 0.25) is 0 Å². The molecule has 0 saturated heterocycles. The standard InChI is InChI=1S/C48H56B28/c49-21-7(19-36(64)38(66)20(39(67)37(19)65)9-6-2-4-14(31(59)24(6)52)41(69)46(74)43(71)16(4)35(63)33(61)12(2)29(57)26(9)54)10-18(44(72)48(76)47(75)27(10)55)22(50)17(21)8-5-1-3-13(30(58)23(5)51)40(68)45(73)42(70)15(3)34(62)32(60)11(1)28(56)25(8)53/h49-76H2. The summed E-state index contributed by atoms with van der Waals surface area (Å²) < 4.78 is 0. The van der Waals surface area contributed by atoms with Crippen molar-refractivity contribution in [2.24, 2.45) is 0 Å². The Morgan fingerprint density at radius 1 is 0.0789 bits per heavy atom. The third-order valence-electron chi connectivity index (χ3n) is 22.4. The van der Waals surface area contributed by atoms with Gasteiger partial charge in [0.05, 0.1) is 0 Å². The van der Waals surface area contributed by atoms with Crippen molar-refractivity contribution in [1.82, 2.24) is 0 Å². The van der Waals surface area contributed by atoms with E-state index >= 15 is 0 Å². The molecule has 11 aromatic rings. The van der Waals surface area contributed by atoms with Crippen LogP contribution in [-0.2, 0) is 0 Å². The molecule has 0 radical (unpaired) electrons. The fourth-order valence-electron chi connectivity index (χ4n) is 16.6. The van der Waals surface area contributed by atoms with E-state index in [0.29, 0.717) is 0 Å². The van der Waals surface area contributed by atoms with Crippen LogP contribution in [0.5, 0.6) is 0 Å². The number of hydrogen-bond acceptors (Lipinski definition) is 0. The van der Waals surface area contributed by atoms with Crippen molar-refractivity contribution < 1.29 is 0 Å². The maximum absolute atomic E-state index is 2.50. The lowest BCUT2D eigenvalue weighted by Crippen LogP contribution is -2.51. The molecule has 0 bridgehead atoms. The highest BCUT2D eigenvalue weighted by atomic mass is 14.3. The second-order valence-corrected chi connectivity index (χ2v) is 25.0. The van der Waals surface area contributed by atoms with Crippen molar-refractivity contribution in [3.8, 4) is 33.4 Å². The molecule has 11 aromatic carbocycles. The Morgan fingerprint density at radius 2 is 0.211 bits per heavy atom. The summed E-state index contributed by atoms with van der Waals surface area (Å²) in [6, 6.07) is 0. The maximum Gasteiger partial charge on any atom is 0.140 e. The molecule has 0 aliphatic heterocycles. The summed E-state index contributed by atoms with van der Waals surface area (Å²) in [5.74, 6) is 0. The smallest absolute Gasteiger partial charge is 0.101 e. The van der Waals surface area contributed by atoms with Gasteiger partial charge in [0, 0.05) is 0 Å². The Balaban J connectivity index is 1.34. The third-order valence-corrected chi connectivity index (χ3v) is 22.4. The first-order valence-corrected chi connectivity index (χ1v) is 28.5. The predicted molar refractivity (Wildman–Crippen MR) is 437 cm³/mol. The highest BCUT2D eigenvalue weighted by Gasteiger charge is 2.32. The topological polar surface area (TPSA) is 0 Å². The third kappa shape index (κ3) is 6.32. The molecule has 0 fully saturated rings. The molecule has 0 atom stereocenters. The normalized spacial score (nSPS) is 12.1. The molecule has 0 saturated carbocycles. The zero-order valence-corrected chi connectivity index (χ0v) is 52.0. The minimum atomic E-state index is 1.39. The van der Waals surface area contributed by atoms with Crippen molar-refractivity contribution in [2.75, 3.05) is 0 Å². The van der Waals surface area contributed by atoms with Gasteiger partial charge >= 0.3 is 0 Å². The van der Waals surface area contributed by atoms with E-state index in [2.05, 4.69) is 220 Å². The van der Waals surface area contributed by atoms with Crippen molar-refractivity contribution >= 4 is 448 Å². The first-order chi connectivity index (χ1) is 35.5. The Hall–Kier alpha value is -4.42. The summed E-state index contributed by atoms with van der Waals surface area (Å²) in [4.78, 5) is 0. The van der Waals surface area contributed by atoms with E-state index in [-0.39, 0.29) is 0 Å².